The molecule has 1 N–H and O–H groups in total. The minimum absolute atomic E-state index is 0.0806. The molecule has 0 saturated carbocycles. The predicted octanol–water partition coefficient (Wildman–Crippen LogP) is 3.21. The lowest BCUT2D eigenvalue weighted by Gasteiger charge is -2.39. The van der Waals surface area contributed by atoms with Gasteiger partial charge in [0.25, 0.3) is 5.91 Å². The van der Waals surface area contributed by atoms with Crippen molar-refractivity contribution in [2.45, 2.75) is 18.9 Å². The molecular formula is C24H29N3O3. The average molecular weight is 408 g/mol. The summed E-state index contributed by atoms with van der Waals surface area (Å²) in [7, 11) is 5.33. The number of hydrogen-bond donors (Lipinski definition) is 1. The minimum atomic E-state index is -0.516. The summed E-state index contributed by atoms with van der Waals surface area (Å²) in [6.07, 6.45) is 7.60. The number of rotatable bonds is 7. The van der Waals surface area contributed by atoms with E-state index in [0.717, 1.165) is 22.4 Å². The smallest absolute Gasteiger partial charge is 0.254 e. The maximum Gasteiger partial charge on any atom is 0.254 e. The second-order valence-corrected chi connectivity index (χ2v) is 7.51. The summed E-state index contributed by atoms with van der Waals surface area (Å²) < 4.78 is 7.09. The van der Waals surface area contributed by atoms with E-state index in [4.69, 9.17) is 4.74 Å². The number of nitrogens with zero attached hydrogens (tertiary/aromatic N) is 2. The Morgan fingerprint density at radius 1 is 1.27 bits per heavy atom. The van der Waals surface area contributed by atoms with E-state index in [2.05, 4.69) is 11.9 Å². The Hall–Kier alpha value is -3.12. The van der Waals surface area contributed by atoms with Crippen molar-refractivity contribution in [2.75, 3.05) is 27.3 Å². The molecular weight excluding hydrogens is 378 g/mol. The molecule has 0 aliphatic carbocycles. The molecule has 2 atom stereocenters. The molecule has 1 aromatic heterocycles. The molecule has 1 aliphatic rings. The average Bonchev–Trinajstić information content (AvgIpc) is 3.02. The third-order valence-corrected chi connectivity index (χ3v) is 5.71. The summed E-state index contributed by atoms with van der Waals surface area (Å²) in [5, 5.41) is 2.97. The molecule has 2 amide bonds. The van der Waals surface area contributed by atoms with E-state index in [1.807, 2.05) is 55.1 Å². The van der Waals surface area contributed by atoms with E-state index < -0.39 is 12.0 Å². The van der Waals surface area contributed by atoms with Crippen LogP contribution < -0.4 is 5.32 Å². The fraction of sp³-hybridized carbons (Fsp3) is 0.333. The molecule has 1 aromatic carbocycles. The summed E-state index contributed by atoms with van der Waals surface area (Å²) in [6.45, 7) is 6.61. The Morgan fingerprint density at radius 2 is 2.00 bits per heavy atom. The van der Waals surface area contributed by atoms with Gasteiger partial charge in [-0.3, -0.25) is 9.59 Å². The fourth-order valence-electron chi connectivity index (χ4n) is 4.22. The van der Waals surface area contributed by atoms with Crippen LogP contribution in [0, 0.1) is 6.92 Å². The van der Waals surface area contributed by atoms with Crippen LogP contribution in [0.2, 0.25) is 0 Å². The number of fused-ring (bicyclic) bond motifs is 1. The topological polar surface area (TPSA) is 63.6 Å². The number of carbonyl (C=O) groups excluding carboxylic acids is 2. The van der Waals surface area contributed by atoms with E-state index in [0.29, 0.717) is 18.7 Å². The maximum absolute atomic E-state index is 13.3. The zero-order valence-corrected chi connectivity index (χ0v) is 18.0. The highest BCUT2D eigenvalue weighted by Gasteiger charge is 2.43. The van der Waals surface area contributed by atoms with Crippen LogP contribution in [0.3, 0.4) is 0 Å². The minimum Gasteiger partial charge on any atom is -0.383 e. The van der Waals surface area contributed by atoms with Gasteiger partial charge in [-0.1, -0.05) is 36.9 Å². The van der Waals surface area contributed by atoms with Crippen molar-refractivity contribution < 1.29 is 14.3 Å². The number of carbonyl (C=O) groups is 2. The van der Waals surface area contributed by atoms with Crippen molar-refractivity contribution in [3.63, 3.8) is 0 Å². The number of aromatic nitrogens is 1. The molecule has 2 heterocycles. The van der Waals surface area contributed by atoms with Gasteiger partial charge in [-0.05, 0) is 35.8 Å². The monoisotopic (exact) mass is 407 g/mol. The van der Waals surface area contributed by atoms with Crippen molar-refractivity contribution in [1.29, 1.82) is 0 Å². The standard InChI is InChI=1S/C24H29N3O3/c1-6-7-12-20-16(2)19(15-26(20)3)22-21(23(28)25-13-14-30-5)17-10-8-9-11-18(17)24(29)27(22)4/h6-12,15,21-22H,1,13-14H2,2-5H3,(H,25,28)/b12-7-. The van der Waals surface area contributed by atoms with Gasteiger partial charge in [-0.2, -0.15) is 0 Å². The van der Waals surface area contributed by atoms with E-state index in [9.17, 15) is 9.59 Å². The largest absolute Gasteiger partial charge is 0.383 e. The summed E-state index contributed by atoms with van der Waals surface area (Å²) in [5.41, 5.74) is 4.34. The highest BCUT2D eigenvalue weighted by Crippen LogP contribution is 2.43. The normalized spacial score (nSPS) is 18.5. The number of allylic oxidation sites excluding steroid dienone is 2. The molecule has 158 valence electrons. The lowest BCUT2D eigenvalue weighted by molar-refractivity contribution is -0.124. The Bertz CT molecular complexity index is 990. The van der Waals surface area contributed by atoms with Crippen molar-refractivity contribution in [1.82, 2.24) is 14.8 Å². The van der Waals surface area contributed by atoms with Gasteiger partial charge in [0.2, 0.25) is 5.91 Å². The molecule has 6 heteroatoms. The SMILES string of the molecule is C=C/C=C\c1c(C)c(C2C(C(=O)NCCOC)c3ccccc3C(=O)N2C)cn1C. The van der Waals surface area contributed by atoms with Crippen LogP contribution in [0.5, 0.6) is 0 Å². The van der Waals surface area contributed by atoms with Crippen LogP contribution in [-0.4, -0.2) is 48.6 Å². The molecule has 30 heavy (non-hydrogen) atoms. The lowest BCUT2D eigenvalue weighted by Crippen LogP contribution is -2.46. The maximum atomic E-state index is 13.3. The Labute approximate surface area is 177 Å². The van der Waals surface area contributed by atoms with Gasteiger partial charge in [-0.15, -0.1) is 0 Å². The molecule has 0 saturated heterocycles. The summed E-state index contributed by atoms with van der Waals surface area (Å²) in [6, 6.07) is 6.96. The first-order chi connectivity index (χ1) is 14.4. The number of nitrogens with one attached hydrogen (secondary N) is 1. The molecule has 2 aromatic rings. The predicted molar refractivity (Wildman–Crippen MR) is 118 cm³/mol. The number of amides is 2. The van der Waals surface area contributed by atoms with Crippen molar-refractivity contribution >= 4 is 17.9 Å². The van der Waals surface area contributed by atoms with Gasteiger partial charge in [0.15, 0.2) is 0 Å². The van der Waals surface area contributed by atoms with E-state index >= 15 is 0 Å². The molecule has 6 nitrogen and oxygen atoms in total. The van der Waals surface area contributed by atoms with Gasteiger partial charge < -0.3 is 19.5 Å². The van der Waals surface area contributed by atoms with Crippen LogP contribution >= 0.6 is 0 Å². The van der Waals surface area contributed by atoms with Crippen molar-refractivity contribution in [2.24, 2.45) is 7.05 Å². The molecule has 0 radical (unpaired) electrons. The van der Waals surface area contributed by atoms with Crippen molar-refractivity contribution in [3.05, 3.63) is 77.1 Å². The Morgan fingerprint density at radius 3 is 2.70 bits per heavy atom. The Balaban J connectivity index is 2.13. The zero-order valence-electron chi connectivity index (χ0n) is 18.0. The van der Waals surface area contributed by atoms with Gasteiger partial charge in [0.1, 0.15) is 0 Å². The molecule has 0 fully saturated rings. The Kier molecular flexibility index (Phi) is 6.57. The highest BCUT2D eigenvalue weighted by atomic mass is 16.5. The summed E-state index contributed by atoms with van der Waals surface area (Å²) in [5.74, 6) is -0.712. The molecule has 3 rings (SSSR count). The van der Waals surface area contributed by atoms with Gasteiger partial charge >= 0.3 is 0 Å². The third-order valence-electron chi connectivity index (χ3n) is 5.71. The van der Waals surface area contributed by atoms with E-state index in [-0.39, 0.29) is 11.8 Å². The molecule has 0 spiro atoms. The zero-order chi connectivity index (χ0) is 21.8. The highest BCUT2D eigenvalue weighted by molar-refractivity contribution is 6.01. The van der Waals surface area contributed by atoms with Crippen LogP contribution in [0.25, 0.3) is 6.08 Å². The third kappa shape index (κ3) is 3.83. The lowest BCUT2D eigenvalue weighted by atomic mass is 9.79. The molecule has 0 bridgehead atoms. The number of hydrogen-bond acceptors (Lipinski definition) is 3. The fourth-order valence-corrected chi connectivity index (χ4v) is 4.22. The molecule has 2 unspecified atom stereocenters. The van der Waals surface area contributed by atoms with Gasteiger partial charge in [0, 0.05) is 45.2 Å². The molecule has 1 aliphatic heterocycles. The summed E-state index contributed by atoms with van der Waals surface area (Å²) in [4.78, 5) is 28.1. The van der Waals surface area contributed by atoms with Gasteiger partial charge in [-0.25, -0.2) is 0 Å². The number of likely N-dealkylation sites (N-methyl/N-ethyl adjacent to an activating group) is 1. The van der Waals surface area contributed by atoms with Gasteiger partial charge in [0.05, 0.1) is 18.6 Å². The number of benzene rings is 1. The number of aryl methyl sites for hydroxylation is 1. The second-order valence-electron chi connectivity index (χ2n) is 7.51. The number of methoxy groups -OCH3 is 1. The first-order valence-electron chi connectivity index (χ1n) is 10.00. The second kappa shape index (κ2) is 9.13. The summed E-state index contributed by atoms with van der Waals surface area (Å²) >= 11 is 0. The number of ether oxygens (including phenoxy) is 1. The van der Waals surface area contributed by atoms with Crippen LogP contribution in [0.15, 0.2) is 49.2 Å². The van der Waals surface area contributed by atoms with E-state index in [1.165, 1.54) is 0 Å². The van der Waals surface area contributed by atoms with Crippen LogP contribution in [0.4, 0.5) is 0 Å². The first-order valence-corrected chi connectivity index (χ1v) is 10.00. The van der Waals surface area contributed by atoms with Crippen LogP contribution in [-0.2, 0) is 16.6 Å². The quantitative estimate of drug-likeness (QED) is 0.566. The van der Waals surface area contributed by atoms with E-state index in [1.54, 1.807) is 31.2 Å². The first kappa shape index (κ1) is 21.6. The van der Waals surface area contributed by atoms with Crippen molar-refractivity contribution in [3.8, 4) is 0 Å². The van der Waals surface area contributed by atoms with Crippen LogP contribution in [0.1, 0.15) is 44.7 Å².